The van der Waals surface area contributed by atoms with Crippen LogP contribution in [0.3, 0.4) is 0 Å². The zero-order valence-corrected chi connectivity index (χ0v) is 46.7. The number of aromatic nitrogens is 4. The molecule has 20 aromatic rings. The smallest absolute Gasteiger partial charge is 0.0641 e. The van der Waals surface area contributed by atoms with Crippen LogP contribution in [0.15, 0.2) is 303 Å². The van der Waals surface area contributed by atoms with Crippen molar-refractivity contribution in [2.75, 3.05) is 0 Å². The molecule has 0 amide bonds. The Morgan fingerprint density at radius 2 is 0.535 bits per heavy atom. The van der Waals surface area contributed by atoms with Gasteiger partial charge in [0.05, 0.1) is 66.5 Å². The van der Waals surface area contributed by atoms with Crippen LogP contribution in [0, 0.1) is 0 Å². The number of benzene rings is 14. The molecule has 4 heteroatoms. The first-order valence-electron chi connectivity index (χ1n) is 29.8. The first-order chi connectivity index (χ1) is 42.7. The van der Waals surface area contributed by atoms with Crippen LogP contribution in [0.4, 0.5) is 0 Å². The molecule has 0 unspecified atom stereocenters. The number of nitrogens with zero attached hydrogens (tertiary/aromatic N) is 4. The van der Waals surface area contributed by atoms with Crippen molar-refractivity contribution < 1.29 is 0 Å². The minimum atomic E-state index is 1.18. The first-order valence-corrected chi connectivity index (χ1v) is 29.8. The molecule has 0 atom stereocenters. The zero-order chi connectivity index (χ0) is 56.1. The fourth-order valence-electron chi connectivity index (χ4n) is 15.2. The Morgan fingerprint density at radius 3 is 1.03 bits per heavy atom. The van der Waals surface area contributed by atoms with Gasteiger partial charge in [0.1, 0.15) is 0 Å². The van der Waals surface area contributed by atoms with E-state index in [1.165, 1.54) is 175 Å². The third kappa shape index (κ3) is 6.47. The summed E-state index contributed by atoms with van der Waals surface area (Å²) in [6.45, 7) is 0. The second-order valence-electron chi connectivity index (χ2n) is 23.0. The quantitative estimate of drug-likeness (QED) is 0.164. The van der Waals surface area contributed by atoms with E-state index in [2.05, 4.69) is 321 Å². The molecule has 0 saturated carbocycles. The number of rotatable bonds is 5. The second kappa shape index (κ2) is 18.0. The zero-order valence-electron chi connectivity index (χ0n) is 46.7. The summed E-state index contributed by atoms with van der Waals surface area (Å²) < 4.78 is 10.0. The normalized spacial score (nSPS) is 12.2. The monoisotopic (exact) mass is 1090 g/mol. The third-order valence-corrected chi connectivity index (χ3v) is 18.7. The van der Waals surface area contributed by atoms with Crippen LogP contribution in [0.5, 0.6) is 0 Å². The number of para-hydroxylation sites is 4. The molecule has 0 aliphatic rings. The van der Waals surface area contributed by atoms with Crippen molar-refractivity contribution in [3.8, 4) is 44.8 Å². The Labute approximate surface area is 493 Å². The van der Waals surface area contributed by atoms with Gasteiger partial charge < -0.3 is 17.9 Å². The number of hydrogen-bond donors (Lipinski definition) is 0. The lowest BCUT2D eigenvalue weighted by Gasteiger charge is -2.16. The van der Waals surface area contributed by atoms with E-state index in [0.29, 0.717) is 0 Å². The molecule has 398 valence electrons. The van der Waals surface area contributed by atoms with Gasteiger partial charge in [0.15, 0.2) is 0 Å². The largest absolute Gasteiger partial charge is 0.309 e. The van der Waals surface area contributed by atoms with Gasteiger partial charge in [0, 0.05) is 64.8 Å². The lowest BCUT2D eigenvalue weighted by molar-refractivity contribution is 1.18. The molecule has 14 aromatic carbocycles. The van der Waals surface area contributed by atoms with Gasteiger partial charge in [-0.25, -0.2) is 0 Å². The van der Waals surface area contributed by atoms with E-state index in [-0.39, 0.29) is 0 Å². The van der Waals surface area contributed by atoms with E-state index in [4.69, 9.17) is 0 Å². The first kappa shape index (κ1) is 47.1. The average molecular weight is 1090 g/mol. The molecule has 0 N–H and O–H groups in total. The summed E-state index contributed by atoms with van der Waals surface area (Å²) in [5.41, 5.74) is 22.2. The van der Waals surface area contributed by atoms with Crippen LogP contribution in [-0.4, -0.2) is 17.9 Å². The lowest BCUT2D eigenvalue weighted by atomic mass is 9.97. The maximum absolute atomic E-state index is 2.50. The number of hydrogen-bond acceptors (Lipinski definition) is 0. The molecule has 0 fully saturated rings. The maximum atomic E-state index is 2.50. The van der Waals surface area contributed by atoms with Crippen molar-refractivity contribution in [1.29, 1.82) is 0 Å². The van der Waals surface area contributed by atoms with E-state index < -0.39 is 0 Å². The van der Waals surface area contributed by atoms with Crippen LogP contribution in [0.2, 0.25) is 0 Å². The van der Waals surface area contributed by atoms with Crippen molar-refractivity contribution in [2.24, 2.45) is 0 Å². The molecular weight excluding hydrogens is 1040 g/mol. The molecule has 4 nitrogen and oxygen atoms in total. The van der Waals surface area contributed by atoms with Gasteiger partial charge in [-0.3, -0.25) is 0 Å². The molecule has 20 rings (SSSR count). The Kier molecular flexibility index (Phi) is 9.86. The highest BCUT2D eigenvalue weighted by Gasteiger charge is 2.26. The van der Waals surface area contributed by atoms with E-state index in [0.717, 1.165) is 0 Å². The standard InChI is InChI=1S/C42H26N2.C40H24N2/c1-3-12-27(13-4-1)29-22-24-37(34(26-29)28-14-5-2-6-15-28)43-38-21-11-18-32-30-16-7-9-19-35(30)44-36-20-10-8-17-31(36)33-23-25-39(43)41(40(32)38)42(33)44;1-2-11-25(12-3-1)26-21-23-35(28-14-5-4-13-27(26)28)41-36-20-10-17-31-29-15-6-8-18-33(29)42-34-19-9-7-16-30(34)32-22-24-37(41)39(38(31)36)40(32)42/h1-26H;1-24H. The van der Waals surface area contributed by atoms with Gasteiger partial charge in [0.2, 0.25) is 0 Å². The Morgan fingerprint density at radius 1 is 0.174 bits per heavy atom. The summed E-state index contributed by atoms with van der Waals surface area (Å²) in [5.74, 6) is 0. The van der Waals surface area contributed by atoms with Crippen LogP contribution in [0.25, 0.3) is 175 Å². The van der Waals surface area contributed by atoms with Gasteiger partial charge in [-0.15, -0.1) is 0 Å². The van der Waals surface area contributed by atoms with Gasteiger partial charge >= 0.3 is 0 Å². The summed E-state index contributed by atoms with van der Waals surface area (Å²) in [7, 11) is 0. The Bertz CT molecular complexity index is 6120. The van der Waals surface area contributed by atoms with Crippen molar-refractivity contribution in [3.05, 3.63) is 303 Å². The molecule has 0 spiro atoms. The summed E-state index contributed by atoms with van der Waals surface area (Å²) >= 11 is 0. The maximum Gasteiger partial charge on any atom is 0.0641 e. The highest BCUT2D eigenvalue weighted by Crippen LogP contribution is 2.49. The highest BCUT2D eigenvalue weighted by atomic mass is 15.0. The fourth-order valence-corrected chi connectivity index (χ4v) is 15.2. The molecule has 6 aromatic heterocycles. The van der Waals surface area contributed by atoms with Gasteiger partial charge in [-0.05, 0) is 111 Å². The van der Waals surface area contributed by atoms with E-state index in [1.807, 2.05) is 0 Å². The van der Waals surface area contributed by atoms with E-state index >= 15 is 0 Å². The minimum absolute atomic E-state index is 1.18. The second-order valence-corrected chi connectivity index (χ2v) is 23.0. The van der Waals surface area contributed by atoms with Crippen LogP contribution in [0.1, 0.15) is 0 Å². The molecule has 6 heterocycles. The summed E-state index contributed by atoms with van der Waals surface area (Å²) in [4.78, 5) is 0. The summed E-state index contributed by atoms with van der Waals surface area (Å²) in [5, 5.41) is 18.1. The lowest BCUT2D eigenvalue weighted by Crippen LogP contribution is -1.98. The topological polar surface area (TPSA) is 18.7 Å². The molecule has 0 radical (unpaired) electrons. The molecule has 0 saturated heterocycles. The molecule has 0 aliphatic carbocycles. The van der Waals surface area contributed by atoms with Gasteiger partial charge in [-0.1, -0.05) is 237 Å². The molecule has 0 bridgehead atoms. The predicted molar refractivity (Wildman–Crippen MR) is 365 cm³/mol. The SMILES string of the molecule is c1ccc(-c2ccc(-n3c4cccc5c6ccccc6n6c7ccccc7c7ccc3c(c54)c76)c(-c3ccccc3)c2)cc1.c1ccc(-c2ccc(-n3c4cccc5c6ccccc6n6c7ccccc7c7ccc3c(c54)c76)c3ccccc23)cc1. The number of fused-ring (bicyclic) bond motifs is 13. The average Bonchev–Trinajstić information content (AvgIpc) is 1.62. The third-order valence-electron chi connectivity index (χ3n) is 18.7. The van der Waals surface area contributed by atoms with Crippen molar-refractivity contribution in [2.45, 2.75) is 0 Å². The predicted octanol–water partition coefficient (Wildman–Crippen LogP) is 22.0. The van der Waals surface area contributed by atoms with Crippen molar-refractivity contribution >= 4 is 131 Å². The molecule has 86 heavy (non-hydrogen) atoms. The Hall–Kier alpha value is -11.5. The van der Waals surface area contributed by atoms with Crippen molar-refractivity contribution in [1.82, 2.24) is 17.9 Å². The van der Waals surface area contributed by atoms with Crippen LogP contribution >= 0.6 is 0 Å². The van der Waals surface area contributed by atoms with Crippen LogP contribution in [-0.2, 0) is 0 Å². The van der Waals surface area contributed by atoms with E-state index in [1.54, 1.807) is 0 Å². The van der Waals surface area contributed by atoms with Crippen LogP contribution < -0.4 is 0 Å². The molecular formula is C82H50N4. The minimum Gasteiger partial charge on any atom is -0.309 e. The van der Waals surface area contributed by atoms with Gasteiger partial charge in [0.25, 0.3) is 0 Å². The van der Waals surface area contributed by atoms with E-state index in [9.17, 15) is 0 Å². The highest BCUT2D eigenvalue weighted by molar-refractivity contribution is 6.35. The Balaban J connectivity index is 0.000000126. The summed E-state index contributed by atoms with van der Waals surface area (Å²) in [6, 6.07) is 111. The fraction of sp³-hybridized carbons (Fsp3) is 0. The van der Waals surface area contributed by atoms with Gasteiger partial charge in [-0.2, -0.15) is 0 Å². The molecule has 0 aliphatic heterocycles. The summed E-state index contributed by atoms with van der Waals surface area (Å²) in [6.07, 6.45) is 0. The van der Waals surface area contributed by atoms with Crippen molar-refractivity contribution in [3.63, 3.8) is 0 Å².